The van der Waals surface area contributed by atoms with E-state index in [2.05, 4.69) is 18.3 Å². The van der Waals surface area contributed by atoms with E-state index in [1.807, 2.05) is 11.0 Å². The maximum Gasteiger partial charge on any atom is 0.255 e. The van der Waals surface area contributed by atoms with Gasteiger partial charge in [-0.3, -0.25) is 4.79 Å². The molecule has 5 heteroatoms. The van der Waals surface area contributed by atoms with Crippen LogP contribution in [-0.2, 0) is 13.0 Å². The van der Waals surface area contributed by atoms with Crippen molar-refractivity contribution in [3.8, 4) is 0 Å². The molecule has 2 heterocycles. The predicted octanol–water partition coefficient (Wildman–Crippen LogP) is 1.26. The fourth-order valence-electron chi connectivity index (χ4n) is 3.02. The molecule has 1 aromatic rings. The first-order valence-electron chi connectivity index (χ1n) is 6.54. The summed E-state index contributed by atoms with van der Waals surface area (Å²) in [7, 11) is 0. The van der Waals surface area contributed by atoms with Crippen LogP contribution in [0.25, 0.3) is 0 Å². The minimum Gasteiger partial charge on any atom is -0.392 e. The Morgan fingerprint density at radius 1 is 1.47 bits per heavy atom. The van der Waals surface area contributed by atoms with Gasteiger partial charge < -0.3 is 15.3 Å². The summed E-state index contributed by atoms with van der Waals surface area (Å²) in [6.45, 7) is 4.46. The van der Waals surface area contributed by atoms with Crippen LogP contribution in [0.15, 0.2) is 12.1 Å². The second-order valence-electron chi connectivity index (χ2n) is 4.95. The summed E-state index contributed by atoms with van der Waals surface area (Å²) < 4.78 is 0. The summed E-state index contributed by atoms with van der Waals surface area (Å²) in [5, 5.41) is 12.8. The van der Waals surface area contributed by atoms with Crippen molar-refractivity contribution in [2.45, 2.75) is 26.0 Å². The maximum absolute atomic E-state index is 12.4. The van der Waals surface area contributed by atoms with Gasteiger partial charge in [0.25, 0.3) is 5.91 Å². The highest BCUT2D eigenvalue weighted by Crippen LogP contribution is 2.37. The number of hydrogen-bond donors (Lipinski definition) is 2. The van der Waals surface area contributed by atoms with E-state index >= 15 is 0 Å². The fourth-order valence-corrected chi connectivity index (χ4v) is 3.02. The van der Waals surface area contributed by atoms with Gasteiger partial charge in [0, 0.05) is 19.6 Å². The standard InChI is InChI=1S/C14H18N2O2.ClH/c1-2-9-5-10(8-17)13-11(6-9)12-7-15-3-4-16(12)14(13)18;/h5-6,12,15,17H,2-4,7-8H2,1H3;1H/t12-;/m1./s1. The van der Waals surface area contributed by atoms with Crippen LogP contribution in [0.5, 0.6) is 0 Å². The van der Waals surface area contributed by atoms with Crippen molar-refractivity contribution in [3.63, 3.8) is 0 Å². The summed E-state index contributed by atoms with van der Waals surface area (Å²) in [5.41, 5.74) is 3.81. The molecule has 0 aliphatic carbocycles. The molecule has 19 heavy (non-hydrogen) atoms. The number of rotatable bonds is 2. The zero-order chi connectivity index (χ0) is 12.7. The van der Waals surface area contributed by atoms with Crippen molar-refractivity contribution in [2.24, 2.45) is 0 Å². The summed E-state index contributed by atoms with van der Waals surface area (Å²) in [6.07, 6.45) is 0.925. The molecule has 2 aliphatic heterocycles. The van der Waals surface area contributed by atoms with Gasteiger partial charge in [0.05, 0.1) is 18.2 Å². The van der Waals surface area contributed by atoms with Gasteiger partial charge >= 0.3 is 0 Å². The van der Waals surface area contributed by atoms with Crippen LogP contribution < -0.4 is 5.32 Å². The highest BCUT2D eigenvalue weighted by atomic mass is 35.5. The molecule has 1 aromatic carbocycles. The van der Waals surface area contributed by atoms with Crippen molar-refractivity contribution < 1.29 is 9.90 Å². The zero-order valence-corrected chi connectivity index (χ0v) is 11.8. The number of nitrogens with zero attached hydrogens (tertiary/aromatic N) is 1. The van der Waals surface area contributed by atoms with E-state index in [0.29, 0.717) is 0 Å². The normalized spacial score (nSPS) is 20.8. The summed E-state index contributed by atoms with van der Waals surface area (Å²) in [4.78, 5) is 14.3. The molecule has 0 spiro atoms. The molecule has 0 aromatic heterocycles. The number of halogens is 1. The lowest BCUT2D eigenvalue weighted by Gasteiger charge is -2.30. The van der Waals surface area contributed by atoms with Crippen molar-refractivity contribution in [2.75, 3.05) is 19.6 Å². The van der Waals surface area contributed by atoms with Crippen LogP contribution in [0.4, 0.5) is 0 Å². The van der Waals surface area contributed by atoms with E-state index in [9.17, 15) is 9.90 Å². The number of aliphatic hydroxyl groups excluding tert-OH is 1. The topological polar surface area (TPSA) is 52.6 Å². The van der Waals surface area contributed by atoms with Gasteiger partial charge in [-0.1, -0.05) is 19.1 Å². The second-order valence-corrected chi connectivity index (χ2v) is 4.95. The van der Waals surface area contributed by atoms with Crippen LogP contribution >= 0.6 is 12.4 Å². The molecule has 0 unspecified atom stereocenters. The van der Waals surface area contributed by atoms with Crippen LogP contribution in [-0.4, -0.2) is 35.5 Å². The van der Waals surface area contributed by atoms with E-state index < -0.39 is 0 Å². The molecule has 0 radical (unpaired) electrons. The molecule has 1 amide bonds. The van der Waals surface area contributed by atoms with Crippen molar-refractivity contribution >= 4 is 18.3 Å². The third kappa shape index (κ3) is 2.14. The molecule has 1 fully saturated rings. The lowest BCUT2D eigenvalue weighted by atomic mass is 9.95. The number of piperazine rings is 1. The van der Waals surface area contributed by atoms with Crippen LogP contribution in [0.2, 0.25) is 0 Å². The molecule has 0 bridgehead atoms. The summed E-state index contributed by atoms with van der Waals surface area (Å²) in [6, 6.07) is 4.24. The van der Waals surface area contributed by atoms with Gasteiger partial charge in [0.1, 0.15) is 0 Å². The lowest BCUT2D eigenvalue weighted by Crippen LogP contribution is -2.44. The van der Waals surface area contributed by atoms with Gasteiger partial charge in [-0.05, 0) is 23.1 Å². The number of benzene rings is 1. The van der Waals surface area contributed by atoms with Crippen LogP contribution in [0.3, 0.4) is 0 Å². The molecule has 1 saturated heterocycles. The number of amides is 1. The molecule has 0 saturated carbocycles. The molecule has 2 N–H and O–H groups in total. The van der Waals surface area contributed by atoms with Crippen LogP contribution in [0.1, 0.15) is 40.0 Å². The number of nitrogens with one attached hydrogen (secondary N) is 1. The Bertz CT molecular complexity index is 504. The molecule has 104 valence electrons. The van der Waals surface area contributed by atoms with E-state index in [1.54, 1.807) is 0 Å². The third-order valence-electron chi connectivity index (χ3n) is 3.97. The molecule has 3 rings (SSSR count). The van der Waals surface area contributed by atoms with Crippen molar-refractivity contribution in [1.82, 2.24) is 10.2 Å². The number of fused-ring (bicyclic) bond motifs is 3. The highest BCUT2D eigenvalue weighted by molar-refractivity contribution is 6.00. The van der Waals surface area contributed by atoms with Gasteiger partial charge in [-0.2, -0.15) is 0 Å². The Morgan fingerprint density at radius 2 is 2.26 bits per heavy atom. The van der Waals surface area contributed by atoms with Crippen LogP contribution in [0, 0.1) is 0 Å². The smallest absolute Gasteiger partial charge is 0.255 e. The Labute approximate surface area is 119 Å². The van der Waals surface area contributed by atoms with E-state index in [4.69, 9.17) is 0 Å². The Balaban J connectivity index is 0.00000133. The third-order valence-corrected chi connectivity index (χ3v) is 3.97. The lowest BCUT2D eigenvalue weighted by molar-refractivity contribution is 0.0689. The largest absolute Gasteiger partial charge is 0.392 e. The number of carbonyl (C=O) groups excluding carboxylic acids is 1. The molecule has 4 nitrogen and oxygen atoms in total. The Morgan fingerprint density at radius 3 is 2.95 bits per heavy atom. The number of aryl methyl sites for hydroxylation is 1. The van der Waals surface area contributed by atoms with Gasteiger partial charge in [0.2, 0.25) is 0 Å². The maximum atomic E-state index is 12.4. The predicted molar refractivity (Wildman–Crippen MR) is 75.6 cm³/mol. The fraction of sp³-hybridized carbons (Fsp3) is 0.500. The first-order chi connectivity index (χ1) is 8.76. The zero-order valence-electron chi connectivity index (χ0n) is 11.0. The van der Waals surface area contributed by atoms with E-state index in [0.717, 1.165) is 42.7 Å². The quantitative estimate of drug-likeness (QED) is 0.859. The second kappa shape index (κ2) is 5.49. The number of carbonyl (C=O) groups is 1. The van der Waals surface area contributed by atoms with Crippen molar-refractivity contribution in [3.05, 3.63) is 34.4 Å². The first kappa shape index (κ1) is 14.3. The highest BCUT2D eigenvalue weighted by Gasteiger charge is 2.39. The monoisotopic (exact) mass is 282 g/mol. The van der Waals surface area contributed by atoms with Gasteiger partial charge in [0.15, 0.2) is 0 Å². The SMILES string of the molecule is CCc1cc(CO)c2c(c1)[C@H]1CNCCN1C2=O.Cl. The molecular formula is C14H19ClN2O2. The number of hydrogen-bond acceptors (Lipinski definition) is 3. The summed E-state index contributed by atoms with van der Waals surface area (Å²) >= 11 is 0. The Hall–Kier alpha value is -1.10. The van der Waals surface area contributed by atoms with E-state index in [-0.39, 0.29) is 31.0 Å². The first-order valence-corrected chi connectivity index (χ1v) is 6.54. The van der Waals surface area contributed by atoms with E-state index in [1.165, 1.54) is 5.56 Å². The summed E-state index contributed by atoms with van der Waals surface area (Å²) in [5.74, 6) is 0.0863. The average molecular weight is 283 g/mol. The van der Waals surface area contributed by atoms with Crippen molar-refractivity contribution in [1.29, 1.82) is 0 Å². The number of aliphatic hydroxyl groups is 1. The molecular weight excluding hydrogens is 264 g/mol. The van der Waals surface area contributed by atoms with Gasteiger partial charge in [-0.15, -0.1) is 12.4 Å². The van der Waals surface area contributed by atoms with Gasteiger partial charge in [-0.25, -0.2) is 0 Å². The molecule has 2 aliphatic rings. The molecule has 1 atom stereocenters. The average Bonchev–Trinajstić information content (AvgIpc) is 2.72. The Kier molecular flexibility index (Phi) is 4.13. The minimum absolute atomic E-state index is 0. The minimum atomic E-state index is -0.0596.